The van der Waals surface area contributed by atoms with Gasteiger partial charge in [-0.2, -0.15) is 12.6 Å². The van der Waals surface area contributed by atoms with E-state index in [4.69, 9.17) is 0 Å². The fraction of sp³-hybridized carbons (Fsp3) is 0.339. The smallest absolute Gasteiger partial charge is 0.186 e. The van der Waals surface area contributed by atoms with Gasteiger partial charge < -0.3 is 10.6 Å². The van der Waals surface area contributed by atoms with Crippen LogP contribution in [0.3, 0.4) is 0 Å². The molecule has 0 fully saturated rings. The first-order valence-corrected chi connectivity index (χ1v) is 21.6. The lowest BCUT2D eigenvalue weighted by Gasteiger charge is -2.20. The van der Waals surface area contributed by atoms with Crippen LogP contribution in [0.15, 0.2) is 48.5 Å². The topological polar surface area (TPSA) is 75.3 Å². The minimum absolute atomic E-state index is 0.0963. The maximum atomic E-state index is 12.1. The summed E-state index contributed by atoms with van der Waals surface area (Å²) >= 11 is 5.48. The van der Waals surface area contributed by atoms with Crippen molar-refractivity contribution in [2.75, 3.05) is 13.1 Å². The molecule has 5 nitrogen and oxygen atoms in total. The Hall–Kier alpha value is -6.77. The van der Waals surface area contributed by atoms with E-state index in [0.717, 1.165) is 48.2 Å². The van der Waals surface area contributed by atoms with Crippen molar-refractivity contribution < 1.29 is 14.4 Å². The number of carbonyl (C=O) groups excluding carboxylic acids is 3. The summed E-state index contributed by atoms with van der Waals surface area (Å²) in [5.41, 5.74) is 3.99. The van der Waals surface area contributed by atoms with Crippen LogP contribution in [0.2, 0.25) is 0 Å². The molecule has 0 spiro atoms. The zero-order valence-electron chi connectivity index (χ0n) is 37.9. The first-order valence-electron chi connectivity index (χ1n) is 19.9. The van der Waals surface area contributed by atoms with Gasteiger partial charge in [0.15, 0.2) is 16.7 Å². The maximum absolute atomic E-state index is 12.1. The van der Waals surface area contributed by atoms with Crippen LogP contribution in [0, 0.1) is 130 Å². The molecule has 0 aliphatic heterocycles. The van der Waals surface area contributed by atoms with E-state index >= 15 is 0 Å². The van der Waals surface area contributed by atoms with Crippen molar-refractivity contribution in [1.29, 1.82) is 0 Å². The Labute approximate surface area is 388 Å². The molecule has 0 heterocycles. The fourth-order valence-electron chi connectivity index (χ4n) is 4.17. The number of thioether (sulfide) groups is 1. The Morgan fingerprint density at radius 3 is 1.03 bits per heavy atom. The van der Waals surface area contributed by atoms with Crippen molar-refractivity contribution in [2.45, 2.75) is 111 Å². The fourth-order valence-corrected chi connectivity index (χ4v) is 4.94. The summed E-state index contributed by atoms with van der Waals surface area (Å²) in [6.45, 7) is 19.4. The van der Waals surface area contributed by atoms with Crippen molar-refractivity contribution >= 4 is 41.1 Å². The molecule has 0 amide bonds. The zero-order chi connectivity index (χ0) is 47.0. The van der Waals surface area contributed by atoms with E-state index in [2.05, 4.69) is 195 Å². The molecule has 0 unspecified atom stereocenters. The number of hydrogen-bond acceptors (Lipinski definition) is 7. The number of nitrogens with one attached hydrogen (secondary N) is 2. The standard InChI is InChI=1S/C24H6.C17H25NO2S.C15H23NOS/c1-3-5-7-9-11-13-15-17-19-21-23-24-22-20-18-16-14-12-10-8-6-4-2;1-13(19)21-12-14-7-9-15(10-8-14)16(20)6-5-11-18-17(2,3)4;1-15(2,3)16-10-4-5-14(17)13-8-6-12(11-18)7-9-13/h1-2H3;7-10,18H,5-6,11-12H2,1-4H3;6-9,16,18H,4-5,10-11H2,1-3H3. The first-order chi connectivity index (χ1) is 30.1. The monoisotopic (exact) mass is 866 g/mol. The van der Waals surface area contributed by atoms with Crippen molar-refractivity contribution in [1.82, 2.24) is 10.6 Å². The Kier molecular flexibility index (Phi) is 32.1. The number of carbonyl (C=O) groups is 3. The van der Waals surface area contributed by atoms with E-state index in [0.29, 0.717) is 24.3 Å². The lowest BCUT2D eigenvalue weighted by molar-refractivity contribution is -0.109. The zero-order valence-corrected chi connectivity index (χ0v) is 39.6. The third-order valence-electron chi connectivity index (χ3n) is 7.09. The minimum atomic E-state index is 0.0963. The normalized spacial score (nSPS) is 8.60. The van der Waals surface area contributed by atoms with E-state index in [1.807, 2.05) is 48.5 Å². The summed E-state index contributed by atoms with van der Waals surface area (Å²) in [7, 11) is 0. The molecule has 0 saturated heterocycles. The summed E-state index contributed by atoms with van der Waals surface area (Å²) in [6.07, 6.45) is 2.89. The molecule has 2 N–H and O–H groups in total. The summed E-state index contributed by atoms with van der Waals surface area (Å²) in [5.74, 6) is 57.4. The third-order valence-corrected chi connectivity index (χ3v) is 8.34. The summed E-state index contributed by atoms with van der Waals surface area (Å²) < 4.78 is 0. The first kappa shape index (κ1) is 56.2. The molecule has 0 bridgehead atoms. The van der Waals surface area contributed by atoms with Crippen LogP contribution >= 0.6 is 24.4 Å². The van der Waals surface area contributed by atoms with E-state index in [1.165, 1.54) is 11.8 Å². The van der Waals surface area contributed by atoms with Crippen LogP contribution in [0.5, 0.6) is 0 Å². The Morgan fingerprint density at radius 1 is 0.492 bits per heavy atom. The van der Waals surface area contributed by atoms with Crippen LogP contribution in [0.25, 0.3) is 0 Å². The molecule has 0 aliphatic carbocycles. The van der Waals surface area contributed by atoms with Gasteiger partial charge in [-0.25, -0.2) is 0 Å². The van der Waals surface area contributed by atoms with Gasteiger partial charge in [-0.3, -0.25) is 14.4 Å². The second-order valence-corrected chi connectivity index (χ2v) is 16.2. The van der Waals surface area contributed by atoms with E-state index in [1.54, 1.807) is 20.8 Å². The molecule has 0 atom stereocenters. The summed E-state index contributed by atoms with van der Waals surface area (Å²) in [6, 6.07) is 15.3. The van der Waals surface area contributed by atoms with Gasteiger partial charge in [0.2, 0.25) is 0 Å². The SMILES string of the molecule is CC#CC#CC#CC#CC#CC#CC#CC#CC#CC#CC#CC.CC(=O)SCc1ccc(C(=O)CCCNC(C)(C)C)cc1.CC(C)(C)NCCCC(=O)c1ccc(CS)cc1. The molecule has 2 aromatic rings. The molecule has 2 aromatic carbocycles. The number of hydrogen-bond donors (Lipinski definition) is 3. The van der Waals surface area contributed by atoms with Crippen LogP contribution in [-0.2, 0) is 16.3 Å². The average Bonchev–Trinajstić information content (AvgIpc) is 3.25. The van der Waals surface area contributed by atoms with Crippen LogP contribution in [0.4, 0.5) is 0 Å². The van der Waals surface area contributed by atoms with Gasteiger partial charge in [-0.15, -0.1) is 0 Å². The highest BCUT2D eigenvalue weighted by molar-refractivity contribution is 8.12. The molecule has 0 aromatic heterocycles. The van der Waals surface area contributed by atoms with Gasteiger partial charge in [-0.05, 0) is 187 Å². The minimum Gasteiger partial charge on any atom is -0.312 e. The van der Waals surface area contributed by atoms with Gasteiger partial charge in [-0.1, -0.05) is 72.1 Å². The third kappa shape index (κ3) is 36.8. The highest BCUT2D eigenvalue weighted by atomic mass is 32.2. The largest absolute Gasteiger partial charge is 0.312 e. The van der Waals surface area contributed by atoms with Gasteiger partial charge >= 0.3 is 0 Å². The Bertz CT molecular complexity index is 2450. The summed E-state index contributed by atoms with van der Waals surface area (Å²) in [4.78, 5) is 34.9. The molecular weight excluding hydrogens is 813 g/mol. The van der Waals surface area contributed by atoms with Crippen LogP contribution in [-0.4, -0.2) is 40.8 Å². The number of ketones is 2. The van der Waals surface area contributed by atoms with Crippen molar-refractivity contribution in [3.63, 3.8) is 0 Å². The second kappa shape index (κ2) is 35.9. The highest BCUT2D eigenvalue weighted by Gasteiger charge is 2.11. The van der Waals surface area contributed by atoms with Gasteiger partial charge in [0, 0.05) is 77.2 Å². The molecule has 7 heteroatoms. The molecule has 2 rings (SSSR count). The lowest BCUT2D eigenvalue weighted by Crippen LogP contribution is -2.36. The van der Waals surface area contributed by atoms with Crippen LogP contribution < -0.4 is 10.6 Å². The Morgan fingerprint density at radius 2 is 0.778 bits per heavy atom. The van der Waals surface area contributed by atoms with Gasteiger partial charge in [0.1, 0.15) is 0 Å². The molecular formula is C56H54N2O3S2. The number of thiol groups is 1. The quantitative estimate of drug-likeness (QED) is 0.0815. The molecule has 318 valence electrons. The van der Waals surface area contributed by atoms with E-state index < -0.39 is 0 Å². The van der Waals surface area contributed by atoms with Crippen molar-refractivity contribution in [3.05, 3.63) is 70.8 Å². The molecule has 0 saturated carbocycles. The van der Waals surface area contributed by atoms with Crippen LogP contribution in [0.1, 0.15) is 120 Å². The average molecular weight is 867 g/mol. The predicted octanol–water partition coefficient (Wildman–Crippen LogP) is 8.35. The second-order valence-electron chi connectivity index (χ2n) is 14.7. The summed E-state index contributed by atoms with van der Waals surface area (Å²) in [5, 5.41) is 6.88. The Balaban J connectivity index is 0.000000924. The number of rotatable bonds is 13. The molecule has 63 heavy (non-hydrogen) atoms. The van der Waals surface area contributed by atoms with E-state index in [9.17, 15) is 14.4 Å². The van der Waals surface area contributed by atoms with Crippen molar-refractivity contribution in [2.24, 2.45) is 0 Å². The number of Topliss-reactive ketones (excluding diaryl/α,β-unsaturated/α-hetero) is 2. The van der Waals surface area contributed by atoms with Gasteiger partial charge in [0.05, 0.1) is 0 Å². The molecule has 0 aliphatic rings. The predicted molar refractivity (Wildman–Crippen MR) is 267 cm³/mol. The van der Waals surface area contributed by atoms with E-state index in [-0.39, 0.29) is 27.8 Å². The van der Waals surface area contributed by atoms with Crippen molar-refractivity contribution in [3.8, 4) is 130 Å². The number of benzene rings is 2. The molecule has 0 radical (unpaired) electrons. The lowest BCUT2D eigenvalue weighted by atomic mass is 10.0. The maximum Gasteiger partial charge on any atom is 0.186 e. The van der Waals surface area contributed by atoms with Gasteiger partial charge in [0.25, 0.3) is 0 Å². The highest BCUT2D eigenvalue weighted by Crippen LogP contribution is 2.15.